The molecule has 0 aromatic carbocycles. The number of fused-ring (bicyclic) bond motifs is 1. The molecule has 19 heavy (non-hydrogen) atoms. The van der Waals surface area contributed by atoms with E-state index in [9.17, 15) is 0 Å². The van der Waals surface area contributed by atoms with Crippen molar-refractivity contribution in [2.45, 2.75) is 26.1 Å². The standard InChI is InChI=1S/C14H16BrN3O/c1-9-7-18(8-10(2)19-9)13-3-4-16-12-5-11(15)6-17-14(12)13/h3-6,9-10H,7-8H2,1-2H3. The molecule has 5 heteroatoms. The van der Waals surface area contributed by atoms with Crippen molar-refractivity contribution in [2.24, 2.45) is 0 Å². The van der Waals surface area contributed by atoms with Crippen LogP contribution in [-0.4, -0.2) is 35.3 Å². The Labute approximate surface area is 120 Å². The van der Waals surface area contributed by atoms with Crippen LogP contribution in [0.4, 0.5) is 5.69 Å². The zero-order valence-electron chi connectivity index (χ0n) is 11.0. The highest BCUT2D eigenvalue weighted by molar-refractivity contribution is 9.10. The van der Waals surface area contributed by atoms with Crippen LogP contribution in [0.5, 0.6) is 0 Å². The Morgan fingerprint density at radius 2 is 2.00 bits per heavy atom. The van der Waals surface area contributed by atoms with E-state index in [1.165, 1.54) is 0 Å². The van der Waals surface area contributed by atoms with E-state index >= 15 is 0 Å². The molecule has 2 unspecified atom stereocenters. The Hall–Kier alpha value is -1.20. The van der Waals surface area contributed by atoms with Gasteiger partial charge in [-0.25, -0.2) is 0 Å². The molecule has 3 heterocycles. The van der Waals surface area contributed by atoms with Gasteiger partial charge in [0.15, 0.2) is 0 Å². The van der Waals surface area contributed by atoms with Crippen molar-refractivity contribution in [3.63, 3.8) is 0 Å². The predicted molar refractivity (Wildman–Crippen MR) is 79.5 cm³/mol. The summed E-state index contributed by atoms with van der Waals surface area (Å²) in [5.74, 6) is 0. The van der Waals surface area contributed by atoms with Gasteiger partial charge in [-0.2, -0.15) is 0 Å². The lowest BCUT2D eigenvalue weighted by molar-refractivity contribution is -0.00514. The molecule has 4 nitrogen and oxygen atoms in total. The van der Waals surface area contributed by atoms with E-state index in [4.69, 9.17) is 4.74 Å². The number of morpholine rings is 1. The third kappa shape index (κ3) is 2.58. The third-order valence-electron chi connectivity index (χ3n) is 3.28. The van der Waals surface area contributed by atoms with Crippen LogP contribution in [0.25, 0.3) is 11.0 Å². The van der Waals surface area contributed by atoms with Gasteiger partial charge < -0.3 is 9.64 Å². The monoisotopic (exact) mass is 321 g/mol. The maximum Gasteiger partial charge on any atom is 0.112 e. The van der Waals surface area contributed by atoms with Gasteiger partial charge in [0.1, 0.15) is 5.52 Å². The second-order valence-corrected chi connectivity index (χ2v) is 5.93. The molecule has 100 valence electrons. The largest absolute Gasteiger partial charge is 0.372 e. The van der Waals surface area contributed by atoms with Gasteiger partial charge in [0.05, 0.1) is 23.4 Å². The van der Waals surface area contributed by atoms with Gasteiger partial charge in [0.25, 0.3) is 0 Å². The van der Waals surface area contributed by atoms with E-state index < -0.39 is 0 Å². The Morgan fingerprint density at radius 3 is 2.74 bits per heavy atom. The fourth-order valence-corrected chi connectivity index (χ4v) is 2.94. The lowest BCUT2D eigenvalue weighted by Crippen LogP contribution is -2.45. The van der Waals surface area contributed by atoms with Crippen molar-refractivity contribution in [1.29, 1.82) is 0 Å². The normalized spacial score (nSPS) is 23.8. The minimum atomic E-state index is 0.238. The molecule has 3 rings (SSSR count). The zero-order chi connectivity index (χ0) is 13.4. The number of halogens is 1. The lowest BCUT2D eigenvalue weighted by Gasteiger charge is -2.37. The summed E-state index contributed by atoms with van der Waals surface area (Å²) in [6, 6.07) is 4.03. The summed E-state index contributed by atoms with van der Waals surface area (Å²) >= 11 is 3.44. The summed E-state index contributed by atoms with van der Waals surface area (Å²) in [5, 5.41) is 0. The van der Waals surface area contributed by atoms with E-state index in [2.05, 4.69) is 44.6 Å². The molecule has 2 aromatic heterocycles. The van der Waals surface area contributed by atoms with E-state index in [1.54, 1.807) is 0 Å². The smallest absolute Gasteiger partial charge is 0.112 e. The SMILES string of the molecule is CC1CN(c2ccnc3cc(Br)cnc23)CC(C)O1. The summed E-state index contributed by atoms with van der Waals surface area (Å²) in [6.07, 6.45) is 4.14. The van der Waals surface area contributed by atoms with Gasteiger partial charge in [-0.05, 0) is 41.9 Å². The van der Waals surface area contributed by atoms with Crippen LogP contribution in [-0.2, 0) is 4.74 Å². The minimum absolute atomic E-state index is 0.238. The molecule has 0 bridgehead atoms. The second-order valence-electron chi connectivity index (χ2n) is 5.01. The molecule has 1 fully saturated rings. The fraction of sp³-hybridized carbons (Fsp3) is 0.429. The van der Waals surface area contributed by atoms with Crippen molar-refractivity contribution in [1.82, 2.24) is 9.97 Å². The molecule has 0 radical (unpaired) electrons. The third-order valence-corrected chi connectivity index (χ3v) is 3.72. The topological polar surface area (TPSA) is 38.2 Å². The molecule has 0 spiro atoms. The van der Waals surface area contributed by atoms with Crippen LogP contribution in [0, 0.1) is 0 Å². The summed E-state index contributed by atoms with van der Waals surface area (Å²) in [4.78, 5) is 11.2. The van der Waals surface area contributed by atoms with E-state index in [1.807, 2.05) is 24.5 Å². The van der Waals surface area contributed by atoms with Crippen LogP contribution in [0.2, 0.25) is 0 Å². The summed E-state index contributed by atoms with van der Waals surface area (Å²) in [6.45, 7) is 5.99. The molecule has 2 aromatic rings. The Bertz CT molecular complexity index is 594. The first kappa shape index (κ1) is 12.8. The molecule has 1 saturated heterocycles. The first-order chi connectivity index (χ1) is 9.13. The van der Waals surface area contributed by atoms with Crippen LogP contribution in [0.1, 0.15) is 13.8 Å². The van der Waals surface area contributed by atoms with Crippen molar-refractivity contribution in [2.75, 3.05) is 18.0 Å². The lowest BCUT2D eigenvalue weighted by atomic mass is 10.2. The number of ether oxygens (including phenoxy) is 1. The maximum atomic E-state index is 5.78. The highest BCUT2D eigenvalue weighted by Gasteiger charge is 2.23. The van der Waals surface area contributed by atoms with Gasteiger partial charge in [0.2, 0.25) is 0 Å². The highest BCUT2D eigenvalue weighted by Crippen LogP contribution is 2.27. The molecule has 0 aliphatic carbocycles. The van der Waals surface area contributed by atoms with Gasteiger partial charge in [-0.15, -0.1) is 0 Å². The number of hydrogen-bond acceptors (Lipinski definition) is 4. The molecule has 0 saturated carbocycles. The Kier molecular flexibility index (Phi) is 3.41. The maximum absolute atomic E-state index is 5.78. The van der Waals surface area contributed by atoms with Crippen LogP contribution in [0.3, 0.4) is 0 Å². The van der Waals surface area contributed by atoms with Crippen molar-refractivity contribution in [3.8, 4) is 0 Å². The molecule has 1 aliphatic heterocycles. The molecule has 0 N–H and O–H groups in total. The summed E-state index contributed by atoms with van der Waals surface area (Å²) in [7, 11) is 0. The molecule has 1 aliphatic rings. The number of aromatic nitrogens is 2. The van der Waals surface area contributed by atoms with Gasteiger partial charge in [-0.3, -0.25) is 9.97 Å². The van der Waals surface area contributed by atoms with Crippen molar-refractivity contribution < 1.29 is 4.74 Å². The van der Waals surface area contributed by atoms with Crippen LogP contribution in [0.15, 0.2) is 29.0 Å². The van der Waals surface area contributed by atoms with E-state index in [0.717, 1.165) is 34.3 Å². The average molecular weight is 322 g/mol. The van der Waals surface area contributed by atoms with Gasteiger partial charge in [-0.1, -0.05) is 0 Å². The van der Waals surface area contributed by atoms with Gasteiger partial charge in [0, 0.05) is 30.0 Å². The van der Waals surface area contributed by atoms with Crippen molar-refractivity contribution >= 4 is 32.7 Å². The second kappa shape index (κ2) is 5.06. The summed E-state index contributed by atoms with van der Waals surface area (Å²) < 4.78 is 6.74. The van der Waals surface area contributed by atoms with Crippen LogP contribution >= 0.6 is 15.9 Å². The first-order valence-electron chi connectivity index (χ1n) is 6.44. The number of pyridine rings is 2. The van der Waals surface area contributed by atoms with Gasteiger partial charge >= 0.3 is 0 Å². The Morgan fingerprint density at radius 1 is 1.26 bits per heavy atom. The predicted octanol–water partition coefficient (Wildman–Crippen LogP) is 3.01. The zero-order valence-corrected chi connectivity index (χ0v) is 12.6. The number of nitrogens with zero attached hydrogens (tertiary/aromatic N) is 3. The number of hydrogen-bond donors (Lipinski definition) is 0. The minimum Gasteiger partial charge on any atom is -0.372 e. The first-order valence-corrected chi connectivity index (χ1v) is 7.23. The van der Waals surface area contributed by atoms with E-state index in [0.29, 0.717) is 0 Å². The number of anilines is 1. The fourth-order valence-electron chi connectivity index (χ4n) is 2.62. The highest BCUT2D eigenvalue weighted by atomic mass is 79.9. The van der Waals surface area contributed by atoms with Crippen LogP contribution < -0.4 is 4.90 Å². The molecular weight excluding hydrogens is 306 g/mol. The molecule has 0 amide bonds. The van der Waals surface area contributed by atoms with Crippen molar-refractivity contribution in [3.05, 3.63) is 29.0 Å². The quantitative estimate of drug-likeness (QED) is 0.809. The number of rotatable bonds is 1. The van der Waals surface area contributed by atoms with E-state index in [-0.39, 0.29) is 12.2 Å². The average Bonchev–Trinajstić information content (AvgIpc) is 2.36. The molecule has 2 atom stereocenters. The Balaban J connectivity index is 2.04. The molecular formula is C14H16BrN3O. The summed E-state index contributed by atoms with van der Waals surface area (Å²) in [5.41, 5.74) is 3.00.